The Morgan fingerprint density at radius 1 is 1.17 bits per heavy atom. The Labute approximate surface area is 102 Å². The second-order valence-electron chi connectivity index (χ2n) is 2.88. The summed E-state index contributed by atoms with van der Waals surface area (Å²) in [7, 11) is 0. The average Bonchev–Trinajstić information content (AvgIpc) is 3.03. The van der Waals surface area contributed by atoms with Crippen LogP contribution in [0.2, 0.25) is 0 Å². The number of H-pyrrole nitrogens is 2. The molecule has 0 saturated heterocycles. The van der Waals surface area contributed by atoms with Crippen LogP contribution in [0, 0.1) is 11.8 Å². The van der Waals surface area contributed by atoms with Gasteiger partial charge in [0.1, 0.15) is 0 Å². The number of nitrogens with zero attached hydrogens (tertiary/aromatic N) is 2. The smallest absolute Gasteiger partial charge is 0.381 e. The molecule has 0 spiro atoms. The highest BCUT2D eigenvalue weighted by Crippen LogP contribution is 1.98. The van der Waals surface area contributed by atoms with Crippen LogP contribution in [-0.4, -0.2) is 36.8 Å². The van der Waals surface area contributed by atoms with Gasteiger partial charge in [-0.3, -0.25) is 4.79 Å². The molecule has 92 valence electrons. The lowest BCUT2D eigenvalue weighted by atomic mass is 10.3. The molecule has 18 heavy (non-hydrogen) atoms. The lowest BCUT2D eigenvalue weighted by molar-refractivity contribution is -0.130. The predicted octanol–water partition coefficient (Wildman–Crippen LogP) is 0.458. The fraction of sp³-hybridized carbons (Fsp3) is 0.0909. The summed E-state index contributed by atoms with van der Waals surface area (Å²) < 4.78 is 0. The number of aromatic amines is 2. The van der Waals surface area contributed by atoms with E-state index in [0.717, 1.165) is 0 Å². The standard InChI is InChI=1S/C7H6N4O.C4H4O2/c12-5(6-8-1-2-9-6)7-10-3-4-11-7;1-2-3-4(5)6/h1-4H,(H,8,9)(H,10,11);1H3,(H,5,6). The first-order chi connectivity index (χ1) is 8.65. The van der Waals surface area contributed by atoms with E-state index in [1.807, 2.05) is 5.92 Å². The highest BCUT2D eigenvalue weighted by molar-refractivity contribution is 6.03. The molecule has 7 heteroatoms. The number of carboxylic acids is 1. The van der Waals surface area contributed by atoms with Gasteiger partial charge in [-0.1, -0.05) is 5.92 Å². The van der Waals surface area contributed by atoms with Gasteiger partial charge in [0.25, 0.3) is 5.78 Å². The predicted molar refractivity (Wildman–Crippen MR) is 61.7 cm³/mol. The van der Waals surface area contributed by atoms with Gasteiger partial charge in [0, 0.05) is 30.7 Å². The van der Waals surface area contributed by atoms with Crippen LogP contribution in [0.25, 0.3) is 0 Å². The number of hydrogen-bond donors (Lipinski definition) is 3. The Hall–Kier alpha value is -2.88. The number of ketones is 1. The van der Waals surface area contributed by atoms with Crippen molar-refractivity contribution in [1.29, 1.82) is 0 Å². The SMILES string of the molecule is CC#CC(=O)O.O=C(c1ncc[nH]1)c1ncc[nH]1. The molecule has 2 aromatic heterocycles. The first kappa shape index (κ1) is 13.2. The topological polar surface area (TPSA) is 112 Å². The molecule has 0 atom stereocenters. The number of imidazole rings is 2. The van der Waals surface area contributed by atoms with Crippen LogP contribution in [0.5, 0.6) is 0 Å². The second kappa shape index (κ2) is 6.65. The van der Waals surface area contributed by atoms with E-state index in [0.29, 0.717) is 11.6 Å². The molecular weight excluding hydrogens is 236 g/mol. The van der Waals surface area contributed by atoms with Crippen molar-refractivity contribution in [2.45, 2.75) is 6.92 Å². The molecule has 7 nitrogen and oxygen atoms in total. The Bertz CT molecular complexity index is 525. The van der Waals surface area contributed by atoms with Gasteiger partial charge in [0.15, 0.2) is 11.6 Å². The summed E-state index contributed by atoms with van der Waals surface area (Å²) in [5, 5.41) is 7.74. The summed E-state index contributed by atoms with van der Waals surface area (Å²) in [6.07, 6.45) is 6.23. The highest BCUT2D eigenvalue weighted by Gasteiger charge is 2.12. The first-order valence-corrected chi connectivity index (χ1v) is 4.84. The van der Waals surface area contributed by atoms with Crippen molar-refractivity contribution >= 4 is 11.8 Å². The van der Waals surface area contributed by atoms with Crippen LogP contribution in [0.4, 0.5) is 0 Å². The summed E-state index contributed by atoms with van der Waals surface area (Å²) in [6.45, 7) is 1.48. The van der Waals surface area contributed by atoms with Crippen molar-refractivity contribution in [2.24, 2.45) is 0 Å². The van der Waals surface area contributed by atoms with Crippen molar-refractivity contribution in [3.05, 3.63) is 36.4 Å². The van der Waals surface area contributed by atoms with Crippen molar-refractivity contribution in [3.63, 3.8) is 0 Å². The van der Waals surface area contributed by atoms with Crippen molar-refractivity contribution < 1.29 is 14.7 Å². The second-order valence-corrected chi connectivity index (χ2v) is 2.88. The largest absolute Gasteiger partial charge is 0.472 e. The summed E-state index contributed by atoms with van der Waals surface area (Å²) in [5.41, 5.74) is 0. The van der Waals surface area contributed by atoms with Crippen LogP contribution in [-0.2, 0) is 4.79 Å². The first-order valence-electron chi connectivity index (χ1n) is 4.84. The molecule has 0 amide bonds. The number of hydrogen-bond acceptors (Lipinski definition) is 4. The minimum absolute atomic E-state index is 0.231. The summed E-state index contributed by atoms with van der Waals surface area (Å²) in [4.78, 5) is 33.8. The Morgan fingerprint density at radius 3 is 1.89 bits per heavy atom. The van der Waals surface area contributed by atoms with E-state index in [2.05, 4.69) is 25.9 Å². The average molecular weight is 246 g/mol. The lowest BCUT2D eigenvalue weighted by Crippen LogP contribution is -2.05. The normalized spacial score (nSPS) is 8.50. The van der Waals surface area contributed by atoms with Gasteiger partial charge in [-0.15, -0.1) is 0 Å². The molecule has 0 bridgehead atoms. The molecule has 0 saturated carbocycles. The molecule has 0 fully saturated rings. The van der Waals surface area contributed by atoms with E-state index in [-0.39, 0.29) is 5.78 Å². The number of nitrogens with one attached hydrogen (secondary N) is 2. The van der Waals surface area contributed by atoms with Crippen LogP contribution in [0.3, 0.4) is 0 Å². The summed E-state index contributed by atoms with van der Waals surface area (Å²) in [6, 6.07) is 0. The van der Waals surface area contributed by atoms with E-state index in [1.165, 1.54) is 19.3 Å². The third-order valence-corrected chi connectivity index (χ3v) is 1.66. The number of rotatable bonds is 2. The molecular formula is C11H10N4O3. The maximum atomic E-state index is 11.4. The van der Waals surface area contributed by atoms with Gasteiger partial charge in [-0.2, -0.15) is 0 Å². The zero-order chi connectivity index (χ0) is 13.4. The molecule has 2 heterocycles. The number of carboxylic acid groups (broad SMARTS) is 1. The summed E-state index contributed by atoms with van der Waals surface area (Å²) >= 11 is 0. The van der Waals surface area contributed by atoms with E-state index in [9.17, 15) is 9.59 Å². The molecule has 2 rings (SSSR count). The van der Waals surface area contributed by atoms with Gasteiger partial charge in [0.05, 0.1) is 0 Å². The zero-order valence-electron chi connectivity index (χ0n) is 9.47. The minimum Gasteiger partial charge on any atom is -0.472 e. The van der Waals surface area contributed by atoms with E-state index >= 15 is 0 Å². The minimum atomic E-state index is -1.07. The number of aromatic nitrogens is 4. The number of carbonyl (C=O) groups excluding carboxylic acids is 1. The van der Waals surface area contributed by atoms with Gasteiger partial charge < -0.3 is 15.1 Å². The summed E-state index contributed by atoms with van der Waals surface area (Å²) in [5.74, 6) is 3.38. The Morgan fingerprint density at radius 2 is 1.67 bits per heavy atom. The van der Waals surface area contributed by atoms with Gasteiger partial charge in [-0.05, 0) is 6.92 Å². The molecule has 2 aromatic rings. The van der Waals surface area contributed by atoms with Crippen LogP contribution >= 0.6 is 0 Å². The molecule has 0 aliphatic rings. The Balaban J connectivity index is 0.000000232. The maximum absolute atomic E-state index is 11.4. The fourth-order valence-electron chi connectivity index (χ4n) is 0.998. The van der Waals surface area contributed by atoms with E-state index < -0.39 is 5.97 Å². The number of aliphatic carboxylic acids is 1. The van der Waals surface area contributed by atoms with Gasteiger partial charge in [0.2, 0.25) is 0 Å². The van der Waals surface area contributed by atoms with E-state index in [1.54, 1.807) is 12.4 Å². The lowest BCUT2D eigenvalue weighted by Gasteiger charge is -1.89. The molecule has 0 aliphatic carbocycles. The van der Waals surface area contributed by atoms with Gasteiger partial charge in [-0.25, -0.2) is 14.8 Å². The molecule has 0 aliphatic heterocycles. The third-order valence-electron chi connectivity index (χ3n) is 1.66. The molecule has 3 N–H and O–H groups in total. The van der Waals surface area contributed by atoms with Gasteiger partial charge >= 0.3 is 5.97 Å². The Kier molecular flexibility index (Phi) is 4.87. The third kappa shape index (κ3) is 3.94. The van der Waals surface area contributed by atoms with Crippen LogP contribution in [0.1, 0.15) is 23.4 Å². The molecule has 0 radical (unpaired) electrons. The van der Waals surface area contributed by atoms with Crippen molar-refractivity contribution in [1.82, 2.24) is 19.9 Å². The van der Waals surface area contributed by atoms with Crippen molar-refractivity contribution in [3.8, 4) is 11.8 Å². The zero-order valence-corrected chi connectivity index (χ0v) is 9.47. The maximum Gasteiger partial charge on any atom is 0.381 e. The molecule has 0 aromatic carbocycles. The fourth-order valence-corrected chi connectivity index (χ4v) is 0.998. The quantitative estimate of drug-likeness (QED) is 0.526. The van der Waals surface area contributed by atoms with Crippen molar-refractivity contribution in [2.75, 3.05) is 0 Å². The van der Waals surface area contributed by atoms with E-state index in [4.69, 9.17) is 5.11 Å². The number of carbonyl (C=O) groups is 2. The van der Waals surface area contributed by atoms with Crippen LogP contribution in [0.15, 0.2) is 24.8 Å². The van der Waals surface area contributed by atoms with Crippen LogP contribution < -0.4 is 0 Å². The highest BCUT2D eigenvalue weighted by atomic mass is 16.4. The monoisotopic (exact) mass is 246 g/mol. The molecule has 0 unspecified atom stereocenters.